The average Bonchev–Trinajstić information content (AvgIpc) is 2.47. The van der Waals surface area contributed by atoms with Gasteiger partial charge in [-0.2, -0.15) is 0 Å². The maximum atomic E-state index is 12.1. The van der Waals surface area contributed by atoms with Gasteiger partial charge in [0.2, 0.25) is 0 Å². The van der Waals surface area contributed by atoms with Gasteiger partial charge in [-0.3, -0.25) is 4.79 Å². The molecule has 0 bridgehead atoms. The molecule has 2 rings (SSSR count). The Kier molecular flexibility index (Phi) is 5.44. The van der Waals surface area contributed by atoms with Crippen molar-refractivity contribution in [2.75, 3.05) is 12.4 Å². The molecule has 2 aromatic rings. The number of anilines is 1. The topological polar surface area (TPSA) is 47.6 Å². The van der Waals surface area contributed by atoms with Gasteiger partial charge in [-0.15, -0.1) is 0 Å². The first-order valence-corrected chi connectivity index (χ1v) is 7.54. The molecule has 0 saturated heterocycles. The van der Waals surface area contributed by atoms with Crippen molar-refractivity contribution in [3.05, 3.63) is 52.1 Å². The van der Waals surface area contributed by atoms with Crippen molar-refractivity contribution >= 4 is 34.2 Å². The van der Waals surface area contributed by atoms with Gasteiger partial charge in [0, 0.05) is 9.26 Å². The van der Waals surface area contributed by atoms with E-state index in [0.29, 0.717) is 11.5 Å². The SMILES string of the molecule is COc1ccccc1O[C@H](C)C(=O)Nc1cccc(I)c1. The van der Waals surface area contributed by atoms with E-state index in [4.69, 9.17) is 9.47 Å². The van der Waals surface area contributed by atoms with Gasteiger partial charge in [-0.25, -0.2) is 0 Å². The van der Waals surface area contributed by atoms with Crippen LogP contribution < -0.4 is 14.8 Å². The highest BCUT2D eigenvalue weighted by molar-refractivity contribution is 14.1. The lowest BCUT2D eigenvalue weighted by molar-refractivity contribution is -0.122. The zero-order chi connectivity index (χ0) is 15.2. The number of hydrogen-bond donors (Lipinski definition) is 1. The minimum absolute atomic E-state index is 0.206. The number of amides is 1. The van der Waals surface area contributed by atoms with Gasteiger partial charge in [0.15, 0.2) is 17.6 Å². The maximum absolute atomic E-state index is 12.1. The fourth-order valence-corrected chi connectivity index (χ4v) is 2.31. The lowest BCUT2D eigenvalue weighted by Gasteiger charge is -2.16. The Morgan fingerprint density at radius 2 is 1.86 bits per heavy atom. The summed E-state index contributed by atoms with van der Waals surface area (Å²) in [6, 6.07) is 14.8. The van der Waals surface area contributed by atoms with Gasteiger partial charge in [0.05, 0.1) is 7.11 Å². The molecule has 0 radical (unpaired) electrons. The van der Waals surface area contributed by atoms with Crippen molar-refractivity contribution in [1.29, 1.82) is 0 Å². The zero-order valence-corrected chi connectivity index (χ0v) is 14.0. The third-order valence-corrected chi connectivity index (χ3v) is 3.51. The largest absolute Gasteiger partial charge is 0.493 e. The molecule has 21 heavy (non-hydrogen) atoms. The third-order valence-electron chi connectivity index (χ3n) is 2.83. The molecule has 0 unspecified atom stereocenters. The van der Waals surface area contributed by atoms with Crippen molar-refractivity contribution in [2.24, 2.45) is 0 Å². The number of carbonyl (C=O) groups is 1. The molecule has 0 aliphatic heterocycles. The molecule has 0 aliphatic carbocycles. The fourth-order valence-electron chi connectivity index (χ4n) is 1.77. The summed E-state index contributed by atoms with van der Waals surface area (Å²) in [6.07, 6.45) is -0.626. The smallest absolute Gasteiger partial charge is 0.265 e. The number of halogens is 1. The van der Waals surface area contributed by atoms with E-state index in [-0.39, 0.29) is 5.91 Å². The van der Waals surface area contributed by atoms with E-state index >= 15 is 0 Å². The summed E-state index contributed by atoms with van der Waals surface area (Å²) in [7, 11) is 1.57. The van der Waals surface area contributed by atoms with Gasteiger partial charge in [-0.05, 0) is 59.8 Å². The van der Waals surface area contributed by atoms with Crippen LogP contribution in [0.4, 0.5) is 5.69 Å². The van der Waals surface area contributed by atoms with Crippen LogP contribution in [0.3, 0.4) is 0 Å². The number of carbonyl (C=O) groups excluding carboxylic acids is 1. The Hall–Kier alpha value is -1.76. The Morgan fingerprint density at radius 1 is 1.14 bits per heavy atom. The minimum Gasteiger partial charge on any atom is -0.493 e. The zero-order valence-electron chi connectivity index (χ0n) is 11.8. The highest BCUT2D eigenvalue weighted by atomic mass is 127. The van der Waals surface area contributed by atoms with E-state index in [2.05, 4.69) is 27.9 Å². The highest BCUT2D eigenvalue weighted by Gasteiger charge is 2.16. The van der Waals surface area contributed by atoms with Crippen LogP contribution in [0.2, 0.25) is 0 Å². The van der Waals surface area contributed by atoms with E-state index < -0.39 is 6.10 Å². The normalized spacial score (nSPS) is 11.6. The van der Waals surface area contributed by atoms with Gasteiger partial charge >= 0.3 is 0 Å². The molecule has 1 N–H and O–H groups in total. The van der Waals surface area contributed by atoms with Crippen LogP contribution >= 0.6 is 22.6 Å². The average molecular weight is 397 g/mol. The summed E-state index contributed by atoms with van der Waals surface area (Å²) in [4.78, 5) is 12.1. The monoisotopic (exact) mass is 397 g/mol. The van der Waals surface area contributed by atoms with Crippen LogP contribution in [-0.2, 0) is 4.79 Å². The van der Waals surface area contributed by atoms with Gasteiger partial charge in [0.1, 0.15) is 0 Å². The number of rotatable bonds is 5. The van der Waals surface area contributed by atoms with Crippen molar-refractivity contribution < 1.29 is 14.3 Å². The quantitative estimate of drug-likeness (QED) is 0.783. The number of ether oxygens (including phenoxy) is 2. The Morgan fingerprint density at radius 3 is 2.52 bits per heavy atom. The first-order chi connectivity index (χ1) is 10.1. The van der Waals surface area contributed by atoms with E-state index in [9.17, 15) is 4.79 Å². The van der Waals surface area contributed by atoms with Crippen LogP contribution in [0.25, 0.3) is 0 Å². The Balaban J connectivity index is 2.02. The second kappa shape index (κ2) is 7.31. The predicted octanol–water partition coefficient (Wildman–Crippen LogP) is 3.71. The number of nitrogens with one attached hydrogen (secondary N) is 1. The summed E-state index contributed by atoms with van der Waals surface area (Å²) >= 11 is 2.20. The van der Waals surface area contributed by atoms with Crippen molar-refractivity contribution in [2.45, 2.75) is 13.0 Å². The third kappa shape index (κ3) is 4.35. The summed E-state index contributed by atoms with van der Waals surface area (Å²) in [5.41, 5.74) is 0.752. The molecule has 0 heterocycles. The fraction of sp³-hybridized carbons (Fsp3) is 0.188. The molecule has 0 saturated carbocycles. The molecule has 4 nitrogen and oxygen atoms in total. The number of benzene rings is 2. The van der Waals surface area contributed by atoms with Crippen LogP contribution in [-0.4, -0.2) is 19.1 Å². The first-order valence-electron chi connectivity index (χ1n) is 6.46. The summed E-state index contributed by atoms with van der Waals surface area (Å²) < 4.78 is 11.9. The second-order valence-electron chi connectivity index (χ2n) is 4.41. The molecule has 0 fully saturated rings. The van der Waals surface area contributed by atoms with Crippen molar-refractivity contribution in [3.63, 3.8) is 0 Å². The Labute approximate surface area is 137 Å². The molecule has 0 aromatic heterocycles. The molecule has 1 amide bonds. The Bertz CT molecular complexity index is 630. The van der Waals surface area contributed by atoms with Crippen LogP contribution in [0.15, 0.2) is 48.5 Å². The molecule has 0 aliphatic rings. The van der Waals surface area contributed by atoms with E-state index in [1.165, 1.54) is 0 Å². The van der Waals surface area contributed by atoms with E-state index in [0.717, 1.165) is 9.26 Å². The number of hydrogen-bond acceptors (Lipinski definition) is 3. The number of methoxy groups -OCH3 is 1. The van der Waals surface area contributed by atoms with Crippen LogP contribution in [0, 0.1) is 3.57 Å². The molecule has 1 atom stereocenters. The molecule has 110 valence electrons. The maximum Gasteiger partial charge on any atom is 0.265 e. The van der Waals surface area contributed by atoms with Gasteiger partial charge in [-0.1, -0.05) is 18.2 Å². The van der Waals surface area contributed by atoms with Crippen LogP contribution in [0.1, 0.15) is 6.92 Å². The van der Waals surface area contributed by atoms with Gasteiger partial charge < -0.3 is 14.8 Å². The van der Waals surface area contributed by atoms with Crippen molar-refractivity contribution in [3.8, 4) is 11.5 Å². The molecular formula is C16H16INO3. The summed E-state index contributed by atoms with van der Waals surface area (Å²) in [5, 5.41) is 2.83. The second-order valence-corrected chi connectivity index (χ2v) is 5.66. The molecule has 0 spiro atoms. The summed E-state index contributed by atoms with van der Waals surface area (Å²) in [5.74, 6) is 0.944. The first kappa shape index (κ1) is 15.6. The van der Waals surface area contributed by atoms with E-state index in [1.54, 1.807) is 26.2 Å². The minimum atomic E-state index is -0.626. The lowest BCUT2D eigenvalue weighted by Crippen LogP contribution is -2.30. The standard InChI is InChI=1S/C16H16INO3/c1-11(21-15-9-4-3-8-14(15)20-2)16(19)18-13-7-5-6-12(17)10-13/h3-11H,1-2H3,(H,18,19)/t11-/m1/s1. The van der Waals surface area contributed by atoms with Crippen LogP contribution in [0.5, 0.6) is 11.5 Å². The summed E-state index contributed by atoms with van der Waals surface area (Å²) in [6.45, 7) is 1.70. The molecule has 5 heteroatoms. The van der Waals surface area contributed by atoms with Crippen molar-refractivity contribution in [1.82, 2.24) is 0 Å². The predicted molar refractivity (Wildman–Crippen MR) is 90.9 cm³/mol. The lowest BCUT2D eigenvalue weighted by atomic mass is 10.3. The van der Waals surface area contributed by atoms with E-state index in [1.807, 2.05) is 36.4 Å². The van der Waals surface area contributed by atoms with Gasteiger partial charge in [0.25, 0.3) is 5.91 Å². The number of para-hydroxylation sites is 2. The highest BCUT2D eigenvalue weighted by Crippen LogP contribution is 2.27. The molecule has 2 aromatic carbocycles. The molecular weight excluding hydrogens is 381 g/mol.